The standard InChI is InChI=1S/C12H18N2O4S/c1-3-18-12(15)14-10-5-6-11(9(7-10)8-13)19(16,17)4-2/h5-7H,3-4,8,13H2,1-2H3,(H,14,15). The molecule has 7 heteroatoms. The second-order valence-corrected chi connectivity index (χ2v) is 6.02. The zero-order valence-electron chi connectivity index (χ0n) is 11.0. The summed E-state index contributed by atoms with van der Waals surface area (Å²) in [5.74, 6) is 0.00461. The van der Waals surface area contributed by atoms with Gasteiger partial charge in [-0.05, 0) is 30.7 Å². The summed E-state index contributed by atoms with van der Waals surface area (Å²) in [5.41, 5.74) is 6.47. The zero-order valence-corrected chi connectivity index (χ0v) is 11.8. The number of sulfone groups is 1. The molecule has 3 N–H and O–H groups in total. The van der Waals surface area contributed by atoms with Gasteiger partial charge in [-0.1, -0.05) is 6.92 Å². The fourth-order valence-electron chi connectivity index (χ4n) is 1.56. The fraction of sp³-hybridized carbons (Fsp3) is 0.417. The normalized spacial score (nSPS) is 11.1. The van der Waals surface area contributed by atoms with Crippen LogP contribution in [0.25, 0.3) is 0 Å². The Kier molecular flexibility index (Phi) is 5.31. The number of hydrogen-bond donors (Lipinski definition) is 2. The summed E-state index contributed by atoms with van der Waals surface area (Å²) in [7, 11) is -3.32. The first-order chi connectivity index (χ1) is 8.94. The van der Waals surface area contributed by atoms with Crippen LogP contribution in [-0.2, 0) is 21.1 Å². The highest BCUT2D eigenvalue weighted by Crippen LogP contribution is 2.21. The first-order valence-electron chi connectivity index (χ1n) is 5.94. The van der Waals surface area contributed by atoms with Gasteiger partial charge >= 0.3 is 6.09 Å². The summed E-state index contributed by atoms with van der Waals surface area (Å²) in [4.78, 5) is 11.5. The average molecular weight is 286 g/mol. The molecule has 0 radical (unpaired) electrons. The van der Waals surface area contributed by atoms with Crippen molar-refractivity contribution in [1.29, 1.82) is 0 Å². The lowest BCUT2D eigenvalue weighted by Gasteiger charge is -2.11. The monoisotopic (exact) mass is 286 g/mol. The van der Waals surface area contributed by atoms with E-state index in [9.17, 15) is 13.2 Å². The summed E-state index contributed by atoms with van der Waals surface area (Å²) < 4.78 is 28.4. The highest BCUT2D eigenvalue weighted by molar-refractivity contribution is 7.91. The molecule has 0 bridgehead atoms. The first kappa shape index (κ1) is 15.5. The number of amides is 1. The molecule has 0 aromatic heterocycles. The Morgan fingerprint density at radius 1 is 1.37 bits per heavy atom. The summed E-state index contributed by atoms with van der Waals surface area (Å²) in [5, 5.41) is 2.50. The van der Waals surface area contributed by atoms with Gasteiger partial charge in [-0.25, -0.2) is 13.2 Å². The molecule has 0 atom stereocenters. The number of rotatable bonds is 5. The molecule has 1 aromatic rings. The van der Waals surface area contributed by atoms with Crippen LogP contribution in [-0.4, -0.2) is 26.9 Å². The van der Waals surface area contributed by atoms with Crippen LogP contribution in [0.4, 0.5) is 10.5 Å². The van der Waals surface area contributed by atoms with E-state index in [1.807, 2.05) is 0 Å². The first-order valence-corrected chi connectivity index (χ1v) is 7.59. The molecule has 0 heterocycles. The largest absolute Gasteiger partial charge is 0.450 e. The Labute approximate surface area is 112 Å². The molecule has 106 valence electrons. The van der Waals surface area contributed by atoms with Crippen molar-refractivity contribution >= 4 is 21.6 Å². The minimum absolute atomic E-state index is 0.00461. The maximum Gasteiger partial charge on any atom is 0.411 e. The minimum atomic E-state index is -3.32. The van der Waals surface area contributed by atoms with Crippen LogP contribution in [0.5, 0.6) is 0 Å². The number of ether oxygens (including phenoxy) is 1. The van der Waals surface area contributed by atoms with Crippen molar-refractivity contribution in [1.82, 2.24) is 0 Å². The lowest BCUT2D eigenvalue weighted by molar-refractivity contribution is 0.168. The van der Waals surface area contributed by atoms with Crippen molar-refractivity contribution < 1.29 is 17.9 Å². The summed E-state index contributed by atoms with van der Waals surface area (Å²) in [6.07, 6.45) is -0.587. The molecule has 6 nitrogen and oxygen atoms in total. The van der Waals surface area contributed by atoms with Gasteiger partial charge in [-0.2, -0.15) is 0 Å². The van der Waals surface area contributed by atoms with E-state index in [0.717, 1.165) is 0 Å². The number of benzene rings is 1. The fourth-order valence-corrected chi connectivity index (χ4v) is 2.69. The van der Waals surface area contributed by atoms with E-state index < -0.39 is 15.9 Å². The number of hydrogen-bond acceptors (Lipinski definition) is 5. The second kappa shape index (κ2) is 6.53. The summed E-state index contributed by atoms with van der Waals surface area (Å²) >= 11 is 0. The van der Waals surface area contributed by atoms with Gasteiger partial charge in [0.1, 0.15) is 0 Å². The van der Waals surface area contributed by atoms with E-state index in [2.05, 4.69) is 5.32 Å². The third-order valence-electron chi connectivity index (χ3n) is 2.52. The molecule has 0 aliphatic carbocycles. The summed E-state index contributed by atoms with van der Waals surface area (Å²) in [6.45, 7) is 3.60. The van der Waals surface area contributed by atoms with E-state index in [4.69, 9.17) is 10.5 Å². The zero-order chi connectivity index (χ0) is 14.5. The Bertz CT molecular complexity index is 555. The Balaban J connectivity index is 3.06. The molecule has 1 aromatic carbocycles. The van der Waals surface area contributed by atoms with Gasteiger partial charge in [0.05, 0.1) is 17.3 Å². The lowest BCUT2D eigenvalue weighted by atomic mass is 10.2. The number of nitrogens with one attached hydrogen (secondary N) is 1. The Morgan fingerprint density at radius 2 is 2.05 bits per heavy atom. The number of carbonyl (C=O) groups excluding carboxylic acids is 1. The third-order valence-corrected chi connectivity index (χ3v) is 4.35. The molecule has 0 saturated carbocycles. The molecule has 0 fully saturated rings. The van der Waals surface area contributed by atoms with Crippen LogP contribution in [0.1, 0.15) is 19.4 Å². The van der Waals surface area contributed by atoms with E-state index in [0.29, 0.717) is 11.3 Å². The Hall–Kier alpha value is -1.60. The van der Waals surface area contributed by atoms with Crippen LogP contribution < -0.4 is 11.1 Å². The number of nitrogens with two attached hydrogens (primary N) is 1. The molecular weight excluding hydrogens is 268 g/mol. The van der Waals surface area contributed by atoms with Gasteiger partial charge in [0, 0.05) is 12.2 Å². The van der Waals surface area contributed by atoms with Crippen LogP contribution in [0.15, 0.2) is 23.1 Å². The SMILES string of the molecule is CCOC(=O)Nc1ccc(S(=O)(=O)CC)c(CN)c1. The second-order valence-electron chi connectivity index (χ2n) is 3.78. The van der Waals surface area contributed by atoms with Crippen molar-refractivity contribution in [3.05, 3.63) is 23.8 Å². The highest BCUT2D eigenvalue weighted by atomic mass is 32.2. The predicted molar refractivity (Wildman–Crippen MR) is 72.7 cm³/mol. The van der Waals surface area contributed by atoms with Gasteiger partial charge in [0.25, 0.3) is 0 Å². The molecule has 0 aliphatic rings. The van der Waals surface area contributed by atoms with Gasteiger partial charge < -0.3 is 10.5 Å². The molecule has 0 spiro atoms. The maximum atomic E-state index is 11.8. The minimum Gasteiger partial charge on any atom is -0.450 e. The van der Waals surface area contributed by atoms with Crippen LogP contribution in [0.3, 0.4) is 0 Å². The van der Waals surface area contributed by atoms with E-state index >= 15 is 0 Å². The molecule has 0 aliphatic heterocycles. The van der Waals surface area contributed by atoms with E-state index in [1.54, 1.807) is 19.9 Å². The van der Waals surface area contributed by atoms with Crippen molar-refractivity contribution in [2.75, 3.05) is 17.7 Å². The lowest BCUT2D eigenvalue weighted by Crippen LogP contribution is -2.15. The van der Waals surface area contributed by atoms with Crippen LogP contribution in [0.2, 0.25) is 0 Å². The Morgan fingerprint density at radius 3 is 2.58 bits per heavy atom. The van der Waals surface area contributed by atoms with Crippen molar-refractivity contribution in [2.24, 2.45) is 5.73 Å². The van der Waals surface area contributed by atoms with Gasteiger partial charge in [0.2, 0.25) is 0 Å². The van der Waals surface area contributed by atoms with Crippen molar-refractivity contribution in [3.8, 4) is 0 Å². The topological polar surface area (TPSA) is 98.5 Å². The van der Waals surface area contributed by atoms with E-state index in [1.165, 1.54) is 12.1 Å². The molecule has 0 unspecified atom stereocenters. The van der Waals surface area contributed by atoms with Crippen molar-refractivity contribution in [2.45, 2.75) is 25.3 Å². The molecule has 1 amide bonds. The highest BCUT2D eigenvalue weighted by Gasteiger charge is 2.16. The van der Waals surface area contributed by atoms with Gasteiger partial charge in [0.15, 0.2) is 9.84 Å². The summed E-state index contributed by atoms with van der Waals surface area (Å²) in [6, 6.07) is 4.50. The molecule has 0 saturated heterocycles. The van der Waals surface area contributed by atoms with Gasteiger partial charge in [-0.3, -0.25) is 5.32 Å². The maximum absolute atomic E-state index is 11.8. The van der Waals surface area contributed by atoms with Gasteiger partial charge in [-0.15, -0.1) is 0 Å². The van der Waals surface area contributed by atoms with Crippen LogP contribution in [0, 0.1) is 0 Å². The predicted octanol–water partition coefficient (Wildman–Crippen LogP) is 1.51. The average Bonchev–Trinajstić information content (AvgIpc) is 2.38. The molecule has 19 heavy (non-hydrogen) atoms. The van der Waals surface area contributed by atoms with E-state index in [-0.39, 0.29) is 23.8 Å². The molecule has 1 rings (SSSR count). The quantitative estimate of drug-likeness (QED) is 0.854. The molecular formula is C12H18N2O4S. The van der Waals surface area contributed by atoms with Crippen molar-refractivity contribution in [3.63, 3.8) is 0 Å². The smallest absolute Gasteiger partial charge is 0.411 e. The van der Waals surface area contributed by atoms with Crippen LogP contribution >= 0.6 is 0 Å². The number of carbonyl (C=O) groups is 1. The third kappa shape index (κ3) is 3.93. The number of anilines is 1.